The van der Waals surface area contributed by atoms with Crippen molar-refractivity contribution in [3.8, 4) is 0 Å². The van der Waals surface area contributed by atoms with Gasteiger partial charge in [0.05, 0.1) is 6.10 Å². The summed E-state index contributed by atoms with van der Waals surface area (Å²) >= 11 is 0. The van der Waals surface area contributed by atoms with E-state index in [1.165, 1.54) is 4.90 Å². The molecule has 0 aromatic heterocycles. The molecule has 6 heteroatoms. The Kier molecular flexibility index (Phi) is 5.25. The minimum atomic E-state index is -0.692. The molecule has 1 rings (SSSR count). The Morgan fingerprint density at radius 1 is 1.19 bits per heavy atom. The molecule has 0 radical (unpaired) electrons. The number of nitrogens with one attached hydrogen (secondary N) is 1. The molecule has 1 saturated heterocycles. The second-order valence-electron chi connectivity index (χ2n) is 7.61. The molecule has 6 nitrogen and oxygen atoms in total. The molecule has 0 aliphatic carbocycles. The van der Waals surface area contributed by atoms with Crippen LogP contribution in [-0.2, 0) is 9.53 Å². The molecule has 2 N–H and O–H groups in total. The number of aliphatic hydroxyl groups excluding tert-OH is 1. The summed E-state index contributed by atoms with van der Waals surface area (Å²) in [6, 6.07) is -0.692. The molecule has 2 amide bonds. The van der Waals surface area contributed by atoms with Crippen LogP contribution in [0.2, 0.25) is 0 Å². The van der Waals surface area contributed by atoms with Crippen LogP contribution in [-0.4, -0.2) is 51.8 Å². The van der Waals surface area contributed by atoms with Crippen LogP contribution in [0.25, 0.3) is 0 Å². The quantitative estimate of drug-likeness (QED) is 0.772. The Balaban J connectivity index is 2.84. The fourth-order valence-electron chi connectivity index (χ4n) is 2.19. The molecule has 0 spiro atoms. The maximum atomic E-state index is 12.4. The molecular formula is C15H28N2O4. The predicted octanol–water partition coefficient (Wildman–Crippen LogP) is 1.66. The van der Waals surface area contributed by atoms with Gasteiger partial charge >= 0.3 is 6.09 Å². The number of aliphatic hydroxyl groups is 1. The third-order valence-corrected chi connectivity index (χ3v) is 3.00. The number of rotatable bonds is 1. The lowest BCUT2D eigenvalue weighted by atomic mass is 9.98. The standard InChI is InChI=1S/C15H28N2O4/c1-14(2,3)16-12(19)11-9-10(18)7-8-17(11)13(20)21-15(4,5)6/h10-11,18H,7-9H2,1-6H3,(H,16,19)/t10-,11+/m1/s1. The van der Waals surface area contributed by atoms with Crippen molar-refractivity contribution in [2.45, 2.75) is 77.7 Å². The lowest BCUT2D eigenvalue weighted by molar-refractivity contribution is -0.130. The summed E-state index contributed by atoms with van der Waals surface area (Å²) in [5.41, 5.74) is -1.00. The van der Waals surface area contributed by atoms with Gasteiger partial charge in [0.25, 0.3) is 0 Å². The van der Waals surface area contributed by atoms with E-state index in [4.69, 9.17) is 4.74 Å². The summed E-state index contributed by atoms with van der Waals surface area (Å²) in [4.78, 5) is 26.0. The minimum absolute atomic E-state index is 0.237. The topological polar surface area (TPSA) is 78.9 Å². The molecule has 0 aromatic rings. The van der Waals surface area contributed by atoms with E-state index >= 15 is 0 Å². The first-order valence-electron chi connectivity index (χ1n) is 7.39. The highest BCUT2D eigenvalue weighted by Gasteiger charge is 2.38. The SMILES string of the molecule is CC(C)(C)NC(=O)[C@@H]1C[C@H](O)CCN1C(=O)OC(C)(C)C. The van der Waals surface area contributed by atoms with Gasteiger partial charge < -0.3 is 15.2 Å². The average Bonchev–Trinajstić information content (AvgIpc) is 2.23. The first-order valence-corrected chi connectivity index (χ1v) is 7.39. The summed E-state index contributed by atoms with van der Waals surface area (Å²) < 4.78 is 5.35. The average molecular weight is 300 g/mol. The highest BCUT2D eigenvalue weighted by molar-refractivity contribution is 5.86. The van der Waals surface area contributed by atoms with Crippen molar-refractivity contribution >= 4 is 12.0 Å². The van der Waals surface area contributed by atoms with Crippen LogP contribution in [0, 0.1) is 0 Å². The zero-order valence-electron chi connectivity index (χ0n) is 13.9. The number of piperidine rings is 1. The van der Waals surface area contributed by atoms with Crippen molar-refractivity contribution < 1.29 is 19.4 Å². The number of amides is 2. The van der Waals surface area contributed by atoms with E-state index in [0.717, 1.165) is 0 Å². The molecule has 0 bridgehead atoms. The summed E-state index contributed by atoms with van der Waals surface area (Å²) in [6.07, 6.45) is -0.387. The highest BCUT2D eigenvalue weighted by atomic mass is 16.6. The first-order chi connectivity index (χ1) is 9.39. The predicted molar refractivity (Wildman–Crippen MR) is 79.9 cm³/mol. The second-order valence-corrected chi connectivity index (χ2v) is 7.61. The van der Waals surface area contributed by atoms with Gasteiger partial charge in [-0.2, -0.15) is 0 Å². The van der Waals surface area contributed by atoms with Crippen molar-refractivity contribution in [3.05, 3.63) is 0 Å². The number of hydrogen-bond acceptors (Lipinski definition) is 4. The van der Waals surface area contributed by atoms with Crippen molar-refractivity contribution in [1.82, 2.24) is 10.2 Å². The Hall–Kier alpha value is -1.30. The molecule has 1 aliphatic heterocycles. The molecule has 0 saturated carbocycles. The smallest absolute Gasteiger partial charge is 0.410 e. The Morgan fingerprint density at radius 2 is 1.76 bits per heavy atom. The zero-order valence-corrected chi connectivity index (χ0v) is 13.9. The molecule has 0 unspecified atom stereocenters. The zero-order chi connectivity index (χ0) is 16.4. The van der Waals surface area contributed by atoms with Gasteiger partial charge in [-0.1, -0.05) is 0 Å². The van der Waals surface area contributed by atoms with Crippen LogP contribution < -0.4 is 5.32 Å². The number of likely N-dealkylation sites (tertiary alicyclic amines) is 1. The van der Waals surface area contributed by atoms with Crippen LogP contribution in [0.15, 0.2) is 0 Å². The van der Waals surface area contributed by atoms with Crippen LogP contribution in [0.1, 0.15) is 54.4 Å². The molecule has 21 heavy (non-hydrogen) atoms. The normalized spacial score (nSPS) is 23.7. The van der Waals surface area contributed by atoms with Gasteiger partial charge in [0, 0.05) is 18.5 Å². The Morgan fingerprint density at radius 3 is 2.24 bits per heavy atom. The lowest BCUT2D eigenvalue weighted by Gasteiger charge is -2.38. The molecular weight excluding hydrogens is 272 g/mol. The van der Waals surface area contributed by atoms with Crippen molar-refractivity contribution in [3.63, 3.8) is 0 Å². The van der Waals surface area contributed by atoms with E-state index in [1.807, 2.05) is 20.8 Å². The lowest BCUT2D eigenvalue weighted by Crippen LogP contribution is -2.58. The van der Waals surface area contributed by atoms with E-state index < -0.39 is 23.8 Å². The molecule has 0 aromatic carbocycles. The number of carbonyl (C=O) groups excluding carboxylic acids is 2. The van der Waals surface area contributed by atoms with Gasteiger partial charge in [0.1, 0.15) is 11.6 Å². The molecule has 2 atom stereocenters. The Labute approximate surface area is 126 Å². The summed E-state index contributed by atoms with van der Waals surface area (Å²) in [5, 5.41) is 12.7. The van der Waals surface area contributed by atoms with Gasteiger partial charge in [-0.15, -0.1) is 0 Å². The van der Waals surface area contributed by atoms with Gasteiger partial charge in [0.2, 0.25) is 5.91 Å². The van der Waals surface area contributed by atoms with E-state index in [0.29, 0.717) is 13.0 Å². The molecule has 122 valence electrons. The summed E-state index contributed by atoms with van der Waals surface area (Å²) in [7, 11) is 0. The van der Waals surface area contributed by atoms with Gasteiger partial charge in [-0.05, 0) is 48.0 Å². The fourth-order valence-corrected chi connectivity index (χ4v) is 2.19. The van der Waals surface area contributed by atoms with E-state index in [-0.39, 0.29) is 17.9 Å². The minimum Gasteiger partial charge on any atom is -0.444 e. The highest BCUT2D eigenvalue weighted by Crippen LogP contribution is 2.21. The fraction of sp³-hybridized carbons (Fsp3) is 0.867. The van der Waals surface area contributed by atoms with Crippen molar-refractivity contribution in [2.75, 3.05) is 6.54 Å². The van der Waals surface area contributed by atoms with Crippen LogP contribution in [0.4, 0.5) is 4.79 Å². The van der Waals surface area contributed by atoms with Crippen LogP contribution >= 0.6 is 0 Å². The number of ether oxygens (including phenoxy) is 1. The Bertz CT molecular complexity index is 395. The largest absolute Gasteiger partial charge is 0.444 e. The number of hydrogen-bond donors (Lipinski definition) is 2. The number of nitrogens with zero attached hydrogens (tertiary/aromatic N) is 1. The molecule has 1 fully saturated rings. The summed E-state index contributed by atoms with van der Waals surface area (Å²) in [5.74, 6) is -0.257. The second kappa shape index (κ2) is 6.22. The third-order valence-electron chi connectivity index (χ3n) is 3.00. The molecule has 1 heterocycles. The van der Waals surface area contributed by atoms with E-state index in [2.05, 4.69) is 5.32 Å². The molecule has 1 aliphatic rings. The van der Waals surface area contributed by atoms with E-state index in [1.54, 1.807) is 20.8 Å². The first kappa shape index (κ1) is 17.8. The van der Waals surface area contributed by atoms with Gasteiger partial charge in [-0.3, -0.25) is 9.69 Å². The van der Waals surface area contributed by atoms with E-state index in [9.17, 15) is 14.7 Å². The van der Waals surface area contributed by atoms with Crippen molar-refractivity contribution in [1.29, 1.82) is 0 Å². The number of carbonyl (C=O) groups is 2. The van der Waals surface area contributed by atoms with Crippen LogP contribution in [0.3, 0.4) is 0 Å². The summed E-state index contributed by atoms with van der Waals surface area (Å²) in [6.45, 7) is 11.3. The third kappa shape index (κ3) is 5.91. The monoisotopic (exact) mass is 300 g/mol. The van der Waals surface area contributed by atoms with Crippen LogP contribution in [0.5, 0.6) is 0 Å². The van der Waals surface area contributed by atoms with Gasteiger partial charge in [-0.25, -0.2) is 4.79 Å². The maximum absolute atomic E-state index is 12.4. The maximum Gasteiger partial charge on any atom is 0.410 e. The van der Waals surface area contributed by atoms with Gasteiger partial charge in [0.15, 0.2) is 0 Å². The van der Waals surface area contributed by atoms with Crippen molar-refractivity contribution in [2.24, 2.45) is 0 Å².